The molecule has 2 heteroatoms. The number of hydrogen-bond donors (Lipinski definition) is 0. The van der Waals surface area contributed by atoms with Gasteiger partial charge in [0.2, 0.25) is 0 Å². The summed E-state index contributed by atoms with van der Waals surface area (Å²) in [5.74, 6) is 1.14. The minimum Gasteiger partial charge on any atom is -0.151 e. The SMILES string of the molecule is CC1(C)CC(C=CSc2ccccc2)=CCS1. The number of thioether (sulfide) groups is 2. The number of hydrogen-bond acceptors (Lipinski definition) is 2. The van der Waals surface area contributed by atoms with Gasteiger partial charge in [0.25, 0.3) is 0 Å². The third kappa shape index (κ3) is 4.29. The van der Waals surface area contributed by atoms with E-state index in [1.54, 1.807) is 11.8 Å². The van der Waals surface area contributed by atoms with Gasteiger partial charge < -0.3 is 0 Å². The predicted octanol–water partition coefficient (Wildman–Crippen LogP) is 5.13. The van der Waals surface area contributed by atoms with Crippen molar-refractivity contribution in [2.45, 2.75) is 29.9 Å². The second-order valence-electron chi connectivity index (χ2n) is 4.76. The third-order valence-electron chi connectivity index (χ3n) is 2.68. The first-order valence-corrected chi connectivity index (χ1v) is 7.73. The molecule has 1 aromatic rings. The standard InChI is InChI=1S/C15H18S2/c1-15(2)12-13(9-11-17-15)8-10-16-14-6-4-3-5-7-14/h3-10H,11-12H2,1-2H3. The van der Waals surface area contributed by atoms with Crippen LogP contribution in [0.4, 0.5) is 0 Å². The summed E-state index contributed by atoms with van der Waals surface area (Å²) >= 11 is 3.82. The monoisotopic (exact) mass is 262 g/mol. The summed E-state index contributed by atoms with van der Waals surface area (Å²) in [6.45, 7) is 4.64. The molecule has 0 N–H and O–H groups in total. The van der Waals surface area contributed by atoms with E-state index in [1.165, 1.54) is 16.9 Å². The summed E-state index contributed by atoms with van der Waals surface area (Å²) in [6, 6.07) is 10.5. The molecule has 2 rings (SSSR count). The minimum absolute atomic E-state index is 0.395. The fourth-order valence-electron chi connectivity index (χ4n) is 1.82. The maximum absolute atomic E-state index is 2.35. The molecule has 0 radical (unpaired) electrons. The highest BCUT2D eigenvalue weighted by molar-refractivity contribution is 8.02. The largest absolute Gasteiger partial charge is 0.151 e. The lowest BCUT2D eigenvalue weighted by Gasteiger charge is -2.27. The molecule has 0 aliphatic carbocycles. The highest BCUT2D eigenvalue weighted by atomic mass is 32.2. The summed E-state index contributed by atoms with van der Waals surface area (Å²) in [7, 11) is 0. The van der Waals surface area contributed by atoms with Gasteiger partial charge >= 0.3 is 0 Å². The van der Waals surface area contributed by atoms with E-state index in [-0.39, 0.29) is 0 Å². The summed E-state index contributed by atoms with van der Waals surface area (Å²) in [5, 5.41) is 2.20. The van der Waals surface area contributed by atoms with E-state index < -0.39 is 0 Å². The molecule has 0 saturated heterocycles. The predicted molar refractivity (Wildman–Crippen MR) is 80.7 cm³/mol. The fraction of sp³-hybridized carbons (Fsp3) is 0.333. The van der Waals surface area contributed by atoms with Crippen molar-refractivity contribution in [1.82, 2.24) is 0 Å². The lowest BCUT2D eigenvalue weighted by atomic mass is 10.0. The molecule has 0 bridgehead atoms. The Balaban J connectivity index is 1.91. The normalized spacial score (nSPS) is 19.3. The Morgan fingerprint density at radius 3 is 2.71 bits per heavy atom. The van der Waals surface area contributed by atoms with Gasteiger partial charge in [0.15, 0.2) is 0 Å². The maximum Gasteiger partial charge on any atom is 0.0147 e. The van der Waals surface area contributed by atoms with Crippen LogP contribution in [-0.2, 0) is 0 Å². The van der Waals surface area contributed by atoms with Crippen LogP contribution in [0.1, 0.15) is 20.3 Å². The Morgan fingerprint density at radius 2 is 2.00 bits per heavy atom. The van der Waals surface area contributed by atoms with Gasteiger partial charge in [-0.1, -0.05) is 56.0 Å². The first-order chi connectivity index (χ1) is 8.16. The number of rotatable bonds is 3. The average Bonchev–Trinajstić information content (AvgIpc) is 2.29. The van der Waals surface area contributed by atoms with Crippen molar-refractivity contribution in [2.75, 3.05) is 5.75 Å². The van der Waals surface area contributed by atoms with Crippen molar-refractivity contribution in [3.63, 3.8) is 0 Å². The minimum atomic E-state index is 0.395. The van der Waals surface area contributed by atoms with Crippen LogP contribution < -0.4 is 0 Å². The highest BCUT2D eigenvalue weighted by Gasteiger charge is 2.21. The molecule has 90 valence electrons. The van der Waals surface area contributed by atoms with Crippen LogP contribution in [0.25, 0.3) is 0 Å². The van der Waals surface area contributed by atoms with Gasteiger partial charge in [-0.3, -0.25) is 0 Å². The van der Waals surface area contributed by atoms with E-state index in [2.05, 4.69) is 61.7 Å². The van der Waals surface area contributed by atoms with Gasteiger partial charge in [0, 0.05) is 15.4 Å². The smallest absolute Gasteiger partial charge is 0.0147 e. The van der Waals surface area contributed by atoms with Crippen LogP contribution >= 0.6 is 23.5 Å². The zero-order valence-electron chi connectivity index (χ0n) is 10.3. The van der Waals surface area contributed by atoms with Gasteiger partial charge in [-0.05, 0) is 29.5 Å². The summed E-state index contributed by atoms with van der Waals surface area (Å²) in [5.41, 5.74) is 1.47. The topological polar surface area (TPSA) is 0 Å². The quantitative estimate of drug-likeness (QED) is 0.692. The molecule has 1 aliphatic rings. The maximum atomic E-state index is 2.35. The molecule has 0 spiro atoms. The van der Waals surface area contributed by atoms with Crippen molar-refractivity contribution in [3.05, 3.63) is 53.5 Å². The second-order valence-corrected chi connectivity index (χ2v) is 7.47. The van der Waals surface area contributed by atoms with Gasteiger partial charge in [-0.15, -0.1) is 0 Å². The third-order valence-corrected chi connectivity index (χ3v) is 4.75. The molecule has 1 heterocycles. The van der Waals surface area contributed by atoms with E-state index >= 15 is 0 Å². The first-order valence-electron chi connectivity index (χ1n) is 5.87. The summed E-state index contributed by atoms with van der Waals surface area (Å²) < 4.78 is 0.395. The van der Waals surface area contributed by atoms with Gasteiger partial charge in [0.05, 0.1) is 0 Å². The molecule has 1 aromatic carbocycles. The van der Waals surface area contributed by atoms with Crippen molar-refractivity contribution in [1.29, 1.82) is 0 Å². The molecule has 0 unspecified atom stereocenters. The zero-order valence-corrected chi connectivity index (χ0v) is 12.0. The lowest BCUT2D eigenvalue weighted by Crippen LogP contribution is -2.18. The summed E-state index contributed by atoms with van der Waals surface area (Å²) in [4.78, 5) is 1.30. The molecule has 0 atom stereocenters. The second kappa shape index (κ2) is 5.83. The van der Waals surface area contributed by atoms with Crippen LogP contribution in [0.15, 0.2) is 58.4 Å². The molecule has 0 aromatic heterocycles. The van der Waals surface area contributed by atoms with Crippen LogP contribution in [0, 0.1) is 0 Å². The molecule has 1 aliphatic heterocycles. The Bertz CT molecular complexity index is 416. The van der Waals surface area contributed by atoms with E-state index in [1.807, 2.05) is 11.8 Å². The Labute approximate surface area is 113 Å². The average molecular weight is 262 g/mol. The highest BCUT2D eigenvalue weighted by Crippen LogP contribution is 2.36. The Kier molecular flexibility index (Phi) is 4.41. The van der Waals surface area contributed by atoms with Gasteiger partial charge in [-0.2, -0.15) is 11.8 Å². The van der Waals surface area contributed by atoms with Crippen LogP contribution in [0.5, 0.6) is 0 Å². The molecule has 17 heavy (non-hydrogen) atoms. The number of allylic oxidation sites excluding steroid dienone is 2. The zero-order chi connectivity index (χ0) is 12.1. The van der Waals surface area contributed by atoms with E-state index in [0.29, 0.717) is 4.75 Å². The molecule has 0 fully saturated rings. The summed E-state index contributed by atoms with van der Waals surface area (Å²) in [6.07, 6.45) is 5.78. The van der Waals surface area contributed by atoms with Crippen LogP contribution in [-0.4, -0.2) is 10.5 Å². The first kappa shape index (κ1) is 12.8. The van der Waals surface area contributed by atoms with Crippen molar-refractivity contribution < 1.29 is 0 Å². The van der Waals surface area contributed by atoms with Gasteiger partial charge in [0.1, 0.15) is 0 Å². The molecule has 0 nitrogen and oxygen atoms in total. The van der Waals surface area contributed by atoms with E-state index in [4.69, 9.17) is 0 Å². The van der Waals surface area contributed by atoms with E-state index in [0.717, 1.165) is 5.75 Å². The molecule has 0 amide bonds. The van der Waals surface area contributed by atoms with Crippen LogP contribution in [0.2, 0.25) is 0 Å². The van der Waals surface area contributed by atoms with E-state index in [9.17, 15) is 0 Å². The molecule has 0 saturated carbocycles. The van der Waals surface area contributed by atoms with Crippen molar-refractivity contribution in [3.8, 4) is 0 Å². The molecular formula is C15H18S2. The molecular weight excluding hydrogens is 244 g/mol. The number of benzene rings is 1. The Hall–Kier alpha value is -0.600. The van der Waals surface area contributed by atoms with Crippen molar-refractivity contribution in [2.24, 2.45) is 0 Å². The van der Waals surface area contributed by atoms with Crippen molar-refractivity contribution >= 4 is 23.5 Å². The van der Waals surface area contributed by atoms with Gasteiger partial charge in [-0.25, -0.2) is 0 Å². The lowest BCUT2D eigenvalue weighted by molar-refractivity contribution is 0.704. The Morgan fingerprint density at radius 1 is 1.24 bits per heavy atom. The fourth-order valence-corrected chi connectivity index (χ4v) is 3.55. The van der Waals surface area contributed by atoms with Crippen LogP contribution in [0.3, 0.4) is 0 Å².